The van der Waals surface area contributed by atoms with E-state index >= 15 is 0 Å². The van der Waals surface area contributed by atoms with Crippen LogP contribution in [0.3, 0.4) is 0 Å². The van der Waals surface area contributed by atoms with Crippen molar-refractivity contribution in [1.82, 2.24) is 14.8 Å². The highest BCUT2D eigenvalue weighted by Gasteiger charge is 2.21. The summed E-state index contributed by atoms with van der Waals surface area (Å²) in [4.78, 5) is 17.4. The van der Waals surface area contributed by atoms with Gasteiger partial charge in [0.25, 0.3) is 0 Å². The van der Waals surface area contributed by atoms with E-state index in [1.54, 1.807) is 18.1 Å². The second-order valence-electron chi connectivity index (χ2n) is 6.09. The topological polar surface area (TPSA) is 59.8 Å². The van der Waals surface area contributed by atoms with E-state index in [1.165, 1.54) is 11.0 Å². The zero-order valence-electron chi connectivity index (χ0n) is 15.5. The first-order chi connectivity index (χ1) is 13.7. The second-order valence-corrected chi connectivity index (χ2v) is 7.99. The average molecular weight is 457 g/mol. The predicted octanol–water partition coefficient (Wildman–Crippen LogP) is 5.23. The van der Waals surface area contributed by atoms with Gasteiger partial charge >= 0.3 is 0 Å². The number of hydrogen-bond donors (Lipinski definition) is 1. The van der Waals surface area contributed by atoms with Crippen LogP contribution in [-0.4, -0.2) is 31.6 Å². The maximum absolute atomic E-state index is 13.4. The molecule has 0 atom stereocenters. The van der Waals surface area contributed by atoms with Crippen LogP contribution in [0.4, 0.5) is 5.69 Å². The number of para-hydroxylation sites is 1. The van der Waals surface area contributed by atoms with Crippen molar-refractivity contribution in [2.75, 3.05) is 16.4 Å². The number of halogens is 1. The minimum Gasteiger partial charge on any atom is -0.348 e. The van der Waals surface area contributed by atoms with E-state index in [2.05, 4.69) is 31.3 Å². The molecule has 0 unspecified atom stereocenters. The lowest BCUT2D eigenvalue weighted by molar-refractivity contribution is 0.104. The van der Waals surface area contributed by atoms with Crippen molar-refractivity contribution in [3.05, 3.63) is 83.4 Å². The number of nitrogens with zero attached hydrogens (tertiary/aromatic N) is 3. The van der Waals surface area contributed by atoms with Crippen LogP contribution in [0.2, 0.25) is 0 Å². The average Bonchev–Trinajstić information content (AvgIpc) is 3.24. The number of rotatable bonds is 9. The molecular formula is C21H21BrN4OS. The van der Waals surface area contributed by atoms with Crippen LogP contribution in [0, 0.1) is 6.92 Å². The Morgan fingerprint density at radius 3 is 2.54 bits per heavy atom. The molecule has 0 aliphatic heterocycles. The minimum absolute atomic E-state index is 0.102. The number of thioether (sulfide) groups is 1. The molecule has 0 fully saturated rings. The Hall–Kier alpha value is -2.38. The molecule has 0 amide bonds. The Morgan fingerprint density at radius 2 is 1.89 bits per heavy atom. The number of aromatic nitrogens is 3. The van der Waals surface area contributed by atoms with Crippen molar-refractivity contribution >= 4 is 44.9 Å². The first-order valence-electron chi connectivity index (χ1n) is 8.90. The molecule has 3 rings (SSSR count). The van der Waals surface area contributed by atoms with E-state index in [-0.39, 0.29) is 5.78 Å². The standard InChI is InChI=1S/C21H21BrN4OS/c1-16-8-10-17(11-9-16)20(27)19(26-15-23-14-24-26)21(28-13-5-12-22)25-18-6-3-2-4-7-18/h2-4,6-11,14-15,25H,5,12-13H2,1H3. The fourth-order valence-corrected chi connectivity index (χ4v) is 4.18. The number of benzene rings is 2. The van der Waals surface area contributed by atoms with Gasteiger partial charge in [0.1, 0.15) is 23.4 Å². The van der Waals surface area contributed by atoms with Gasteiger partial charge < -0.3 is 5.32 Å². The molecule has 3 aromatic rings. The molecule has 5 nitrogen and oxygen atoms in total. The number of alkyl halides is 1. The third kappa shape index (κ3) is 5.33. The van der Waals surface area contributed by atoms with Crippen molar-refractivity contribution in [2.24, 2.45) is 0 Å². The number of allylic oxidation sites excluding steroid dienone is 1. The molecule has 0 bridgehead atoms. The molecule has 1 heterocycles. The van der Waals surface area contributed by atoms with E-state index < -0.39 is 0 Å². The third-order valence-electron chi connectivity index (χ3n) is 3.95. The lowest BCUT2D eigenvalue weighted by Gasteiger charge is -2.16. The van der Waals surface area contributed by atoms with E-state index in [1.807, 2.05) is 61.5 Å². The zero-order valence-corrected chi connectivity index (χ0v) is 17.9. The molecule has 0 aliphatic carbocycles. The van der Waals surface area contributed by atoms with Gasteiger partial charge in [0, 0.05) is 22.3 Å². The molecule has 1 N–H and O–H groups in total. The number of Topliss-reactive ketones (excluding diaryl/α,β-unsaturated/α-hetero) is 1. The van der Waals surface area contributed by atoms with Crippen LogP contribution in [-0.2, 0) is 0 Å². The monoisotopic (exact) mass is 456 g/mol. The highest BCUT2D eigenvalue weighted by Crippen LogP contribution is 2.28. The van der Waals surface area contributed by atoms with Crippen LogP contribution in [0.1, 0.15) is 22.3 Å². The smallest absolute Gasteiger partial charge is 0.214 e. The zero-order chi connectivity index (χ0) is 19.8. The van der Waals surface area contributed by atoms with Gasteiger partial charge in [0.2, 0.25) is 5.78 Å². The Labute approximate surface area is 177 Å². The summed E-state index contributed by atoms with van der Waals surface area (Å²) in [6.45, 7) is 2.00. The molecular weight excluding hydrogens is 436 g/mol. The summed E-state index contributed by atoms with van der Waals surface area (Å²) in [5.74, 6) is 0.759. The van der Waals surface area contributed by atoms with Gasteiger partial charge in [-0.3, -0.25) is 4.79 Å². The summed E-state index contributed by atoms with van der Waals surface area (Å²) >= 11 is 5.07. The quantitative estimate of drug-likeness (QED) is 0.207. The van der Waals surface area contributed by atoms with E-state index in [9.17, 15) is 4.79 Å². The summed E-state index contributed by atoms with van der Waals surface area (Å²) in [6.07, 6.45) is 3.97. The van der Waals surface area contributed by atoms with Crippen LogP contribution in [0.5, 0.6) is 0 Å². The lowest BCUT2D eigenvalue weighted by atomic mass is 10.1. The molecule has 7 heteroatoms. The summed E-state index contributed by atoms with van der Waals surface area (Å²) in [5, 5.41) is 9.30. The van der Waals surface area contributed by atoms with Gasteiger partial charge in [-0.25, -0.2) is 9.67 Å². The second kappa shape index (κ2) is 10.2. The van der Waals surface area contributed by atoms with Crippen LogP contribution >= 0.6 is 27.7 Å². The van der Waals surface area contributed by atoms with Crippen LogP contribution in [0.15, 0.2) is 72.3 Å². The molecule has 0 spiro atoms. The van der Waals surface area contributed by atoms with Crippen LogP contribution in [0.25, 0.3) is 5.70 Å². The summed E-state index contributed by atoms with van der Waals surface area (Å²) in [5.41, 5.74) is 3.10. The highest BCUT2D eigenvalue weighted by molar-refractivity contribution is 9.09. The number of anilines is 1. The SMILES string of the molecule is Cc1ccc(C(=O)C(=C(Nc2ccccc2)SCCCBr)n2cncn2)cc1. The Kier molecular flexibility index (Phi) is 7.45. The molecule has 28 heavy (non-hydrogen) atoms. The van der Waals surface area contributed by atoms with Gasteiger partial charge in [-0.05, 0) is 25.5 Å². The summed E-state index contributed by atoms with van der Waals surface area (Å²) < 4.78 is 1.54. The highest BCUT2D eigenvalue weighted by atomic mass is 79.9. The van der Waals surface area contributed by atoms with Crippen molar-refractivity contribution in [3.63, 3.8) is 0 Å². The molecule has 0 aliphatic rings. The number of nitrogens with one attached hydrogen (secondary N) is 1. The lowest BCUT2D eigenvalue weighted by Crippen LogP contribution is -2.15. The Bertz CT molecular complexity index is 925. The van der Waals surface area contributed by atoms with Gasteiger partial charge in [-0.15, -0.1) is 11.8 Å². The number of ketones is 1. The maximum atomic E-state index is 13.4. The summed E-state index contributed by atoms with van der Waals surface area (Å²) in [7, 11) is 0. The molecule has 0 saturated heterocycles. The molecule has 0 saturated carbocycles. The first-order valence-corrected chi connectivity index (χ1v) is 11.0. The van der Waals surface area contributed by atoms with Crippen molar-refractivity contribution in [3.8, 4) is 0 Å². The fourth-order valence-electron chi connectivity index (χ4n) is 2.52. The van der Waals surface area contributed by atoms with Crippen LogP contribution < -0.4 is 5.32 Å². The Balaban J connectivity index is 2.06. The minimum atomic E-state index is -0.102. The third-order valence-corrected chi connectivity index (χ3v) is 5.59. The maximum Gasteiger partial charge on any atom is 0.214 e. The predicted molar refractivity (Wildman–Crippen MR) is 120 cm³/mol. The largest absolute Gasteiger partial charge is 0.348 e. The molecule has 1 aromatic heterocycles. The number of carbonyl (C=O) groups excluding carboxylic acids is 1. The van der Waals surface area contributed by atoms with Gasteiger partial charge in [-0.2, -0.15) is 5.10 Å². The molecule has 144 valence electrons. The Morgan fingerprint density at radius 1 is 1.14 bits per heavy atom. The van der Waals surface area contributed by atoms with Crippen molar-refractivity contribution in [2.45, 2.75) is 13.3 Å². The number of carbonyl (C=O) groups is 1. The van der Waals surface area contributed by atoms with E-state index in [4.69, 9.17) is 0 Å². The van der Waals surface area contributed by atoms with Gasteiger partial charge in [0.05, 0.1) is 0 Å². The van der Waals surface area contributed by atoms with E-state index in [0.29, 0.717) is 11.3 Å². The summed E-state index contributed by atoms with van der Waals surface area (Å²) in [6, 6.07) is 17.4. The number of hydrogen-bond acceptors (Lipinski definition) is 5. The molecule has 0 radical (unpaired) electrons. The normalized spacial score (nSPS) is 11.8. The van der Waals surface area contributed by atoms with Crippen molar-refractivity contribution < 1.29 is 4.79 Å². The molecule has 2 aromatic carbocycles. The van der Waals surface area contributed by atoms with Crippen molar-refractivity contribution in [1.29, 1.82) is 0 Å². The fraction of sp³-hybridized carbons (Fsp3) is 0.190. The van der Waals surface area contributed by atoms with Gasteiger partial charge in [-0.1, -0.05) is 64.0 Å². The number of aryl methyl sites for hydroxylation is 1. The first kappa shape index (κ1) is 20.4. The van der Waals surface area contributed by atoms with Gasteiger partial charge in [0.15, 0.2) is 0 Å². The van der Waals surface area contributed by atoms with E-state index in [0.717, 1.165) is 33.8 Å².